The van der Waals surface area contributed by atoms with Crippen molar-refractivity contribution < 1.29 is 4.74 Å². The first-order valence-corrected chi connectivity index (χ1v) is 6.33. The summed E-state index contributed by atoms with van der Waals surface area (Å²) in [5.74, 6) is 1.04. The predicted molar refractivity (Wildman–Crippen MR) is 62.1 cm³/mol. The van der Waals surface area contributed by atoms with Crippen molar-refractivity contribution >= 4 is 0 Å². The van der Waals surface area contributed by atoms with Gasteiger partial charge in [0.25, 0.3) is 0 Å². The highest BCUT2D eigenvalue weighted by Crippen LogP contribution is 2.30. The molecule has 1 saturated carbocycles. The number of methoxy groups -OCH3 is 1. The number of ether oxygens (including phenoxy) is 1. The molecule has 88 valence electrons. The lowest BCUT2D eigenvalue weighted by Gasteiger charge is -2.32. The first-order chi connectivity index (χ1) is 7.38. The molecule has 0 aromatic heterocycles. The lowest BCUT2D eigenvalue weighted by atomic mass is 10.0. The maximum absolute atomic E-state index is 5.04. The molecule has 15 heavy (non-hydrogen) atoms. The Balaban J connectivity index is 1.54. The van der Waals surface area contributed by atoms with Crippen LogP contribution >= 0.6 is 0 Å². The summed E-state index contributed by atoms with van der Waals surface area (Å²) in [7, 11) is 1.76. The maximum Gasteiger partial charge on any atom is 0.0587 e. The van der Waals surface area contributed by atoms with E-state index in [1.807, 2.05) is 0 Å². The lowest BCUT2D eigenvalue weighted by molar-refractivity contribution is 0.169. The Bertz CT molecular complexity index is 174. The molecule has 2 rings (SSSR count). The molecule has 0 unspecified atom stereocenters. The molecule has 1 aliphatic carbocycles. The molecule has 2 aliphatic rings. The van der Waals surface area contributed by atoms with Crippen LogP contribution in [0.15, 0.2) is 0 Å². The third kappa shape index (κ3) is 4.09. The number of rotatable bonds is 6. The van der Waals surface area contributed by atoms with E-state index in [1.54, 1.807) is 7.11 Å². The Morgan fingerprint density at radius 3 is 2.53 bits per heavy atom. The van der Waals surface area contributed by atoms with Gasteiger partial charge in [0.2, 0.25) is 0 Å². The van der Waals surface area contributed by atoms with Gasteiger partial charge in [0.05, 0.1) is 6.61 Å². The molecule has 0 atom stereocenters. The summed E-state index contributed by atoms with van der Waals surface area (Å²) < 4.78 is 5.04. The van der Waals surface area contributed by atoms with E-state index in [1.165, 1.54) is 45.3 Å². The van der Waals surface area contributed by atoms with E-state index in [-0.39, 0.29) is 0 Å². The SMILES string of the molecule is COCCNC1CCN(CC2CC2)CC1. The smallest absolute Gasteiger partial charge is 0.0587 e. The van der Waals surface area contributed by atoms with Crippen molar-refractivity contribution in [1.82, 2.24) is 10.2 Å². The van der Waals surface area contributed by atoms with E-state index >= 15 is 0 Å². The van der Waals surface area contributed by atoms with E-state index in [4.69, 9.17) is 4.74 Å². The Kier molecular flexibility index (Phi) is 4.42. The number of nitrogens with one attached hydrogen (secondary N) is 1. The van der Waals surface area contributed by atoms with Gasteiger partial charge in [0.1, 0.15) is 0 Å². The molecule has 0 spiro atoms. The van der Waals surface area contributed by atoms with Crippen molar-refractivity contribution in [3.8, 4) is 0 Å². The van der Waals surface area contributed by atoms with Crippen molar-refractivity contribution in [3.05, 3.63) is 0 Å². The molecule has 3 heteroatoms. The van der Waals surface area contributed by atoms with Crippen LogP contribution in [0.1, 0.15) is 25.7 Å². The van der Waals surface area contributed by atoms with Gasteiger partial charge in [-0.05, 0) is 44.7 Å². The third-order valence-electron chi connectivity index (χ3n) is 3.54. The molecule has 1 aliphatic heterocycles. The quantitative estimate of drug-likeness (QED) is 0.667. The van der Waals surface area contributed by atoms with Gasteiger partial charge < -0.3 is 15.0 Å². The third-order valence-corrected chi connectivity index (χ3v) is 3.54. The van der Waals surface area contributed by atoms with E-state index in [0.717, 1.165) is 25.1 Å². The summed E-state index contributed by atoms with van der Waals surface area (Å²) >= 11 is 0. The Morgan fingerprint density at radius 1 is 1.20 bits per heavy atom. The maximum atomic E-state index is 5.04. The van der Waals surface area contributed by atoms with Gasteiger partial charge in [0, 0.05) is 26.2 Å². The molecule has 0 aromatic carbocycles. The molecular formula is C12H24N2O. The van der Waals surface area contributed by atoms with Crippen LogP contribution in [0.2, 0.25) is 0 Å². The zero-order valence-corrected chi connectivity index (χ0v) is 9.87. The average Bonchev–Trinajstić information content (AvgIpc) is 3.05. The highest BCUT2D eigenvalue weighted by molar-refractivity contribution is 4.82. The zero-order chi connectivity index (χ0) is 10.5. The van der Waals surface area contributed by atoms with E-state index in [2.05, 4.69) is 10.2 Å². The van der Waals surface area contributed by atoms with Crippen molar-refractivity contribution in [2.75, 3.05) is 39.9 Å². The molecule has 0 aromatic rings. The van der Waals surface area contributed by atoms with E-state index in [0.29, 0.717) is 0 Å². The summed E-state index contributed by atoms with van der Waals surface area (Å²) in [5, 5.41) is 3.56. The summed E-state index contributed by atoms with van der Waals surface area (Å²) in [6.07, 6.45) is 5.59. The van der Waals surface area contributed by atoms with Crippen molar-refractivity contribution in [2.24, 2.45) is 5.92 Å². The van der Waals surface area contributed by atoms with Gasteiger partial charge in [-0.1, -0.05) is 0 Å². The number of nitrogens with zero attached hydrogens (tertiary/aromatic N) is 1. The second-order valence-corrected chi connectivity index (χ2v) is 4.97. The fourth-order valence-electron chi connectivity index (χ4n) is 2.35. The standard InChI is InChI=1S/C12H24N2O/c1-15-9-6-13-12-4-7-14(8-5-12)10-11-2-3-11/h11-13H,2-10H2,1H3. The van der Waals surface area contributed by atoms with Crippen LogP contribution in [-0.2, 0) is 4.74 Å². The van der Waals surface area contributed by atoms with E-state index < -0.39 is 0 Å². The average molecular weight is 212 g/mol. The minimum Gasteiger partial charge on any atom is -0.383 e. The highest BCUT2D eigenvalue weighted by atomic mass is 16.5. The topological polar surface area (TPSA) is 24.5 Å². The first-order valence-electron chi connectivity index (χ1n) is 6.33. The van der Waals surface area contributed by atoms with Gasteiger partial charge in [-0.25, -0.2) is 0 Å². The molecule has 0 amide bonds. The van der Waals surface area contributed by atoms with Gasteiger partial charge in [-0.2, -0.15) is 0 Å². The molecule has 0 bridgehead atoms. The summed E-state index contributed by atoms with van der Waals surface area (Å²) in [4.78, 5) is 2.65. The Hall–Kier alpha value is -0.120. The zero-order valence-electron chi connectivity index (χ0n) is 9.87. The van der Waals surface area contributed by atoms with Crippen molar-refractivity contribution in [1.29, 1.82) is 0 Å². The van der Waals surface area contributed by atoms with Crippen LogP contribution < -0.4 is 5.32 Å². The van der Waals surface area contributed by atoms with Crippen LogP contribution in [0.25, 0.3) is 0 Å². The molecule has 2 fully saturated rings. The van der Waals surface area contributed by atoms with Gasteiger partial charge in [-0.3, -0.25) is 0 Å². The van der Waals surface area contributed by atoms with Gasteiger partial charge >= 0.3 is 0 Å². The second kappa shape index (κ2) is 5.83. The predicted octanol–water partition coefficient (Wildman–Crippen LogP) is 1.10. The van der Waals surface area contributed by atoms with Crippen molar-refractivity contribution in [3.63, 3.8) is 0 Å². The summed E-state index contributed by atoms with van der Waals surface area (Å²) in [6.45, 7) is 5.79. The lowest BCUT2D eigenvalue weighted by Crippen LogP contribution is -2.43. The van der Waals surface area contributed by atoms with Crippen molar-refractivity contribution in [2.45, 2.75) is 31.7 Å². The molecule has 1 heterocycles. The molecular weight excluding hydrogens is 188 g/mol. The minimum atomic E-state index is 0.732. The number of piperidine rings is 1. The summed E-state index contributed by atoms with van der Waals surface area (Å²) in [6, 6.07) is 0.732. The Morgan fingerprint density at radius 2 is 1.93 bits per heavy atom. The fourth-order valence-corrected chi connectivity index (χ4v) is 2.35. The van der Waals surface area contributed by atoms with Crippen LogP contribution in [0, 0.1) is 5.92 Å². The fraction of sp³-hybridized carbons (Fsp3) is 1.00. The Labute approximate surface area is 93.2 Å². The van der Waals surface area contributed by atoms with E-state index in [9.17, 15) is 0 Å². The van der Waals surface area contributed by atoms with Crippen LogP contribution in [0.4, 0.5) is 0 Å². The molecule has 0 radical (unpaired) electrons. The molecule has 3 nitrogen and oxygen atoms in total. The highest BCUT2D eigenvalue weighted by Gasteiger charge is 2.26. The van der Waals surface area contributed by atoms with Crippen LogP contribution in [0.5, 0.6) is 0 Å². The van der Waals surface area contributed by atoms with Crippen LogP contribution in [-0.4, -0.2) is 50.8 Å². The van der Waals surface area contributed by atoms with Gasteiger partial charge in [0.15, 0.2) is 0 Å². The monoisotopic (exact) mass is 212 g/mol. The van der Waals surface area contributed by atoms with Gasteiger partial charge in [-0.15, -0.1) is 0 Å². The molecule has 1 saturated heterocycles. The first kappa shape index (κ1) is 11.4. The number of hydrogen-bond acceptors (Lipinski definition) is 3. The molecule has 1 N–H and O–H groups in total. The summed E-state index contributed by atoms with van der Waals surface area (Å²) in [5.41, 5.74) is 0. The minimum absolute atomic E-state index is 0.732. The number of likely N-dealkylation sites (tertiary alicyclic amines) is 1. The van der Waals surface area contributed by atoms with Crippen LogP contribution in [0.3, 0.4) is 0 Å². The second-order valence-electron chi connectivity index (χ2n) is 4.97. The number of hydrogen-bond donors (Lipinski definition) is 1. The normalized spacial score (nSPS) is 24.6. The largest absolute Gasteiger partial charge is 0.383 e.